The van der Waals surface area contributed by atoms with E-state index in [0.717, 1.165) is 31.9 Å². The molecule has 1 aliphatic carbocycles. The second-order valence-electron chi connectivity index (χ2n) is 5.92. The summed E-state index contributed by atoms with van der Waals surface area (Å²) in [7, 11) is -3.37. The molecule has 6 heteroatoms. The van der Waals surface area contributed by atoms with E-state index in [2.05, 4.69) is 10.0 Å². The number of rotatable bonds is 6. The molecule has 1 saturated carbocycles. The van der Waals surface area contributed by atoms with Crippen molar-refractivity contribution in [3.8, 4) is 0 Å². The molecule has 0 spiro atoms. The minimum Gasteiger partial charge on any atom is -0.352 e. The van der Waals surface area contributed by atoms with Gasteiger partial charge in [0, 0.05) is 6.04 Å². The molecule has 112 valence electrons. The summed E-state index contributed by atoms with van der Waals surface area (Å²) in [6.45, 7) is 3.95. The zero-order valence-corrected chi connectivity index (χ0v) is 12.9. The second-order valence-corrected chi connectivity index (χ2v) is 7.70. The van der Waals surface area contributed by atoms with Crippen molar-refractivity contribution >= 4 is 15.9 Å². The first-order valence-corrected chi connectivity index (χ1v) is 8.94. The van der Waals surface area contributed by atoms with Crippen LogP contribution < -0.4 is 10.0 Å². The van der Waals surface area contributed by atoms with Gasteiger partial charge in [-0.25, -0.2) is 13.1 Å². The molecule has 0 aromatic carbocycles. The van der Waals surface area contributed by atoms with Crippen LogP contribution in [0.5, 0.6) is 0 Å². The molecule has 0 aromatic heterocycles. The molecule has 19 heavy (non-hydrogen) atoms. The lowest BCUT2D eigenvalue weighted by molar-refractivity contribution is -0.124. The molecule has 2 N–H and O–H groups in total. The molecule has 0 bridgehead atoms. The van der Waals surface area contributed by atoms with Gasteiger partial charge in [0.25, 0.3) is 0 Å². The Labute approximate surface area is 116 Å². The van der Waals surface area contributed by atoms with Crippen LogP contribution in [-0.4, -0.2) is 32.7 Å². The number of sulfonamides is 1. The van der Waals surface area contributed by atoms with Crippen LogP contribution in [-0.2, 0) is 14.8 Å². The van der Waals surface area contributed by atoms with Crippen molar-refractivity contribution < 1.29 is 13.2 Å². The summed E-state index contributed by atoms with van der Waals surface area (Å²) in [6.07, 6.45) is 7.11. The van der Waals surface area contributed by atoms with Gasteiger partial charge in [0.2, 0.25) is 15.9 Å². The fourth-order valence-electron chi connectivity index (χ4n) is 2.49. The number of hydrogen-bond acceptors (Lipinski definition) is 3. The Hall–Kier alpha value is -0.620. The first kappa shape index (κ1) is 16.4. The van der Waals surface area contributed by atoms with Gasteiger partial charge < -0.3 is 5.32 Å². The van der Waals surface area contributed by atoms with Crippen molar-refractivity contribution in [3.63, 3.8) is 0 Å². The Morgan fingerprint density at radius 1 is 1.21 bits per heavy atom. The molecule has 0 heterocycles. The SMILES string of the molecule is CC(C)CC(NS(C)(=O)=O)C(=O)NC1CCCCC1. The fraction of sp³-hybridized carbons (Fsp3) is 0.923. The maximum Gasteiger partial charge on any atom is 0.238 e. The first-order chi connectivity index (χ1) is 8.78. The van der Waals surface area contributed by atoms with Crippen molar-refractivity contribution in [1.82, 2.24) is 10.0 Å². The van der Waals surface area contributed by atoms with Gasteiger partial charge in [-0.3, -0.25) is 4.79 Å². The van der Waals surface area contributed by atoms with E-state index in [9.17, 15) is 13.2 Å². The van der Waals surface area contributed by atoms with Crippen LogP contribution >= 0.6 is 0 Å². The molecule has 1 atom stereocenters. The van der Waals surface area contributed by atoms with Crippen molar-refractivity contribution in [2.45, 2.75) is 64.5 Å². The summed E-state index contributed by atoms with van der Waals surface area (Å²) < 4.78 is 25.1. The van der Waals surface area contributed by atoms with Crippen LogP contribution in [0.15, 0.2) is 0 Å². The molecule has 1 rings (SSSR count). The normalized spacial score (nSPS) is 19.4. The summed E-state index contributed by atoms with van der Waals surface area (Å²) >= 11 is 0. The minimum atomic E-state index is -3.37. The Kier molecular flexibility index (Phi) is 6.26. The smallest absolute Gasteiger partial charge is 0.238 e. The molecule has 0 radical (unpaired) electrons. The lowest BCUT2D eigenvalue weighted by Crippen LogP contribution is -2.50. The largest absolute Gasteiger partial charge is 0.352 e. The lowest BCUT2D eigenvalue weighted by atomic mass is 9.95. The Balaban J connectivity index is 2.59. The molecule has 0 aromatic rings. The average Bonchev–Trinajstić information content (AvgIpc) is 2.27. The quantitative estimate of drug-likeness (QED) is 0.776. The highest BCUT2D eigenvalue weighted by atomic mass is 32.2. The van der Waals surface area contributed by atoms with Crippen molar-refractivity contribution in [1.29, 1.82) is 0 Å². The van der Waals surface area contributed by atoms with Crippen LogP contribution in [0.2, 0.25) is 0 Å². The summed E-state index contributed by atoms with van der Waals surface area (Å²) in [6, 6.07) is -0.450. The van der Waals surface area contributed by atoms with Gasteiger partial charge in [-0.1, -0.05) is 33.1 Å². The summed E-state index contributed by atoms with van der Waals surface area (Å²) in [5, 5.41) is 2.98. The summed E-state index contributed by atoms with van der Waals surface area (Å²) in [5.41, 5.74) is 0. The van der Waals surface area contributed by atoms with Gasteiger partial charge in [-0.15, -0.1) is 0 Å². The third-order valence-corrected chi connectivity index (χ3v) is 4.04. The Morgan fingerprint density at radius 2 is 1.79 bits per heavy atom. The van der Waals surface area contributed by atoms with Crippen LogP contribution in [0.4, 0.5) is 0 Å². The first-order valence-electron chi connectivity index (χ1n) is 7.05. The summed E-state index contributed by atoms with van der Waals surface area (Å²) in [5.74, 6) is 0.0716. The molecule has 1 amide bonds. The van der Waals surface area contributed by atoms with Crippen LogP contribution in [0, 0.1) is 5.92 Å². The number of nitrogens with one attached hydrogen (secondary N) is 2. The van der Waals surface area contributed by atoms with E-state index in [-0.39, 0.29) is 17.9 Å². The van der Waals surface area contributed by atoms with Gasteiger partial charge in [0.15, 0.2) is 0 Å². The van der Waals surface area contributed by atoms with Crippen molar-refractivity contribution in [3.05, 3.63) is 0 Å². The fourth-order valence-corrected chi connectivity index (χ4v) is 3.21. The second kappa shape index (κ2) is 7.24. The van der Waals surface area contributed by atoms with Gasteiger partial charge in [-0.2, -0.15) is 0 Å². The molecule has 0 saturated heterocycles. The third kappa shape index (κ3) is 6.92. The zero-order chi connectivity index (χ0) is 14.5. The maximum atomic E-state index is 12.2. The highest BCUT2D eigenvalue weighted by Crippen LogP contribution is 2.18. The Bertz CT molecular complexity index is 387. The molecule has 5 nitrogen and oxygen atoms in total. The number of carbonyl (C=O) groups is 1. The molecule has 1 unspecified atom stereocenters. The van der Waals surface area contributed by atoms with Gasteiger partial charge >= 0.3 is 0 Å². The highest BCUT2D eigenvalue weighted by Gasteiger charge is 2.25. The van der Waals surface area contributed by atoms with E-state index in [0.29, 0.717) is 6.42 Å². The highest BCUT2D eigenvalue weighted by molar-refractivity contribution is 7.88. The lowest BCUT2D eigenvalue weighted by Gasteiger charge is -2.26. The topological polar surface area (TPSA) is 75.3 Å². The number of hydrogen-bond donors (Lipinski definition) is 2. The van der Waals surface area contributed by atoms with Gasteiger partial charge in [0.05, 0.1) is 6.26 Å². The maximum absolute atomic E-state index is 12.2. The van der Waals surface area contributed by atoms with E-state index in [1.807, 2.05) is 13.8 Å². The molecule has 1 fully saturated rings. The van der Waals surface area contributed by atoms with E-state index in [1.54, 1.807) is 0 Å². The van der Waals surface area contributed by atoms with Gasteiger partial charge in [0.1, 0.15) is 6.04 Å². The molecule has 1 aliphatic rings. The third-order valence-electron chi connectivity index (χ3n) is 3.33. The van der Waals surface area contributed by atoms with E-state index in [4.69, 9.17) is 0 Å². The van der Waals surface area contributed by atoms with Crippen LogP contribution in [0.3, 0.4) is 0 Å². The van der Waals surface area contributed by atoms with Crippen LogP contribution in [0.25, 0.3) is 0 Å². The Morgan fingerprint density at radius 3 is 2.26 bits per heavy atom. The minimum absolute atomic E-state index is 0.189. The standard InChI is InChI=1S/C13H26N2O3S/c1-10(2)9-12(15-19(3,17)18)13(16)14-11-7-5-4-6-8-11/h10-12,15H,4-9H2,1-3H3,(H,14,16). The van der Waals surface area contributed by atoms with Crippen LogP contribution in [0.1, 0.15) is 52.4 Å². The predicted octanol–water partition coefficient (Wildman–Crippen LogP) is 1.40. The summed E-state index contributed by atoms with van der Waals surface area (Å²) in [4.78, 5) is 12.2. The van der Waals surface area contributed by atoms with Crippen molar-refractivity contribution in [2.24, 2.45) is 5.92 Å². The molecule has 0 aliphatic heterocycles. The van der Waals surface area contributed by atoms with Gasteiger partial charge in [-0.05, 0) is 25.2 Å². The van der Waals surface area contributed by atoms with E-state index >= 15 is 0 Å². The molecular weight excluding hydrogens is 264 g/mol. The number of carbonyl (C=O) groups excluding carboxylic acids is 1. The zero-order valence-electron chi connectivity index (χ0n) is 12.1. The predicted molar refractivity (Wildman–Crippen MR) is 76.2 cm³/mol. The van der Waals surface area contributed by atoms with Crippen molar-refractivity contribution in [2.75, 3.05) is 6.26 Å². The monoisotopic (exact) mass is 290 g/mol. The van der Waals surface area contributed by atoms with E-state index in [1.165, 1.54) is 6.42 Å². The average molecular weight is 290 g/mol. The van der Waals surface area contributed by atoms with E-state index < -0.39 is 16.1 Å². The molecular formula is C13H26N2O3S. The number of amides is 1.